The monoisotopic (exact) mass is 565 g/mol. The first-order valence-electron chi connectivity index (χ1n) is 13.7. The van der Waals surface area contributed by atoms with Crippen molar-refractivity contribution in [1.82, 2.24) is 30.8 Å². The van der Waals surface area contributed by atoms with Gasteiger partial charge in [0.25, 0.3) is 11.8 Å². The van der Waals surface area contributed by atoms with Crippen molar-refractivity contribution in [2.75, 3.05) is 0 Å². The van der Waals surface area contributed by atoms with E-state index in [1.54, 1.807) is 18.2 Å². The van der Waals surface area contributed by atoms with Gasteiger partial charge in [0.15, 0.2) is 5.82 Å². The molecule has 9 nitrogen and oxygen atoms in total. The number of H-pyrrole nitrogens is 1. The van der Waals surface area contributed by atoms with Gasteiger partial charge in [-0.05, 0) is 79.8 Å². The first-order valence-corrected chi connectivity index (χ1v) is 14.1. The SMILES string of the molecule is CCC(c1ccc(C(=O)NCc2nn[nH]n2)cc1)N1C(=O)C(c2cc(F)cc(Cl)c2)=NC12CCC(C(C)C)CC2. The summed E-state index contributed by atoms with van der Waals surface area (Å²) in [5, 5.41) is 16.5. The van der Waals surface area contributed by atoms with Crippen LogP contribution in [0.5, 0.6) is 0 Å². The van der Waals surface area contributed by atoms with E-state index in [1.807, 2.05) is 24.0 Å². The number of aromatic nitrogens is 4. The van der Waals surface area contributed by atoms with E-state index >= 15 is 0 Å². The summed E-state index contributed by atoms with van der Waals surface area (Å²) >= 11 is 6.16. The number of nitrogens with zero attached hydrogens (tertiary/aromatic N) is 5. The van der Waals surface area contributed by atoms with Crippen molar-refractivity contribution in [3.63, 3.8) is 0 Å². The van der Waals surface area contributed by atoms with E-state index < -0.39 is 11.5 Å². The van der Waals surface area contributed by atoms with Crippen molar-refractivity contribution in [2.24, 2.45) is 16.8 Å². The highest BCUT2D eigenvalue weighted by atomic mass is 35.5. The third kappa shape index (κ3) is 5.50. The summed E-state index contributed by atoms with van der Waals surface area (Å²) in [4.78, 5) is 33.7. The third-order valence-electron chi connectivity index (χ3n) is 8.15. The van der Waals surface area contributed by atoms with Crippen LogP contribution in [0.3, 0.4) is 0 Å². The van der Waals surface area contributed by atoms with Gasteiger partial charge in [0.2, 0.25) is 0 Å². The molecule has 1 atom stereocenters. The van der Waals surface area contributed by atoms with Crippen LogP contribution in [0.25, 0.3) is 0 Å². The molecule has 0 saturated heterocycles. The molecular formula is C29H33ClFN7O2. The molecule has 2 amide bonds. The van der Waals surface area contributed by atoms with Crippen molar-refractivity contribution in [2.45, 2.75) is 71.1 Å². The van der Waals surface area contributed by atoms with Gasteiger partial charge in [0.05, 0.1) is 12.6 Å². The van der Waals surface area contributed by atoms with Gasteiger partial charge < -0.3 is 10.2 Å². The Balaban J connectivity index is 1.44. The zero-order valence-corrected chi connectivity index (χ0v) is 23.6. The minimum absolute atomic E-state index is 0.154. The molecule has 1 aromatic heterocycles. The number of benzene rings is 2. The van der Waals surface area contributed by atoms with Gasteiger partial charge in [-0.15, -0.1) is 10.2 Å². The number of aliphatic imine (C=N–C) groups is 1. The molecule has 0 radical (unpaired) electrons. The van der Waals surface area contributed by atoms with E-state index in [-0.39, 0.29) is 35.1 Å². The first kappa shape index (κ1) is 27.9. The number of nitrogens with one attached hydrogen (secondary N) is 2. The summed E-state index contributed by atoms with van der Waals surface area (Å²) in [5.74, 6) is 0.507. The number of rotatable bonds is 8. The van der Waals surface area contributed by atoms with Crippen LogP contribution in [0.4, 0.5) is 4.39 Å². The maximum absolute atomic E-state index is 14.3. The van der Waals surface area contributed by atoms with Crippen molar-refractivity contribution in [3.05, 3.63) is 75.8 Å². The number of hydrogen-bond acceptors (Lipinski definition) is 6. The van der Waals surface area contributed by atoms with E-state index in [9.17, 15) is 14.0 Å². The second kappa shape index (κ2) is 11.4. The van der Waals surface area contributed by atoms with Crippen molar-refractivity contribution >= 4 is 29.1 Å². The van der Waals surface area contributed by atoms with E-state index in [2.05, 4.69) is 39.8 Å². The second-order valence-electron chi connectivity index (χ2n) is 10.9. The van der Waals surface area contributed by atoms with Crippen LogP contribution < -0.4 is 5.32 Å². The fourth-order valence-corrected chi connectivity index (χ4v) is 6.21. The van der Waals surface area contributed by atoms with Crippen LogP contribution in [0.15, 0.2) is 47.5 Å². The summed E-state index contributed by atoms with van der Waals surface area (Å²) in [6.07, 6.45) is 4.04. The normalized spacial score (nSPS) is 21.6. The van der Waals surface area contributed by atoms with Crippen LogP contribution in [-0.2, 0) is 11.3 Å². The van der Waals surface area contributed by atoms with Crippen LogP contribution >= 0.6 is 11.6 Å². The molecule has 0 bridgehead atoms. The van der Waals surface area contributed by atoms with Crippen LogP contribution in [0.1, 0.15) is 86.2 Å². The Kier molecular flexibility index (Phi) is 7.98. The number of aromatic amines is 1. The lowest BCUT2D eigenvalue weighted by atomic mass is 9.76. The van der Waals surface area contributed by atoms with E-state index in [0.29, 0.717) is 35.2 Å². The van der Waals surface area contributed by atoms with Gasteiger partial charge in [-0.2, -0.15) is 5.21 Å². The van der Waals surface area contributed by atoms with E-state index in [4.69, 9.17) is 16.6 Å². The number of amides is 2. The zero-order valence-electron chi connectivity index (χ0n) is 22.8. The zero-order chi connectivity index (χ0) is 28.4. The van der Waals surface area contributed by atoms with Crippen molar-refractivity contribution in [1.29, 1.82) is 0 Å². The number of carbonyl (C=O) groups is 2. The molecule has 1 saturated carbocycles. The highest BCUT2D eigenvalue weighted by Crippen LogP contribution is 2.47. The Bertz CT molecular complexity index is 1380. The Morgan fingerprint density at radius 1 is 1.20 bits per heavy atom. The fraction of sp³-hybridized carbons (Fsp3) is 0.448. The average molecular weight is 566 g/mol. The van der Waals surface area contributed by atoms with E-state index in [1.165, 1.54) is 12.1 Å². The molecule has 11 heteroatoms. The fourth-order valence-electron chi connectivity index (χ4n) is 5.99. The van der Waals surface area contributed by atoms with Gasteiger partial charge in [0, 0.05) is 16.1 Å². The minimum atomic E-state index is -0.710. The molecule has 2 aromatic carbocycles. The Hall–Kier alpha value is -3.66. The molecule has 1 aliphatic heterocycles. The molecule has 2 heterocycles. The Labute approximate surface area is 237 Å². The van der Waals surface area contributed by atoms with E-state index in [0.717, 1.165) is 31.2 Å². The maximum Gasteiger partial charge on any atom is 0.275 e. The average Bonchev–Trinajstić information content (AvgIpc) is 3.55. The summed E-state index contributed by atoms with van der Waals surface area (Å²) in [7, 11) is 0. The second-order valence-corrected chi connectivity index (χ2v) is 11.4. The summed E-state index contributed by atoms with van der Waals surface area (Å²) in [5.41, 5.74) is 1.32. The molecule has 1 spiro atoms. The number of hydrogen-bond donors (Lipinski definition) is 2. The van der Waals surface area contributed by atoms with Crippen LogP contribution in [0, 0.1) is 17.7 Å². The first-order chi connectivity index (χ1) is 19.2. The molecule has 5 rings (SSSR count). The van der Waals surface area contributed by atoms with Gasteiger partial charge in [-0.3, -0.25) is 14.6 Å². The molecule has 2 N–H and O–H groups in total. The quantitative estimate of drug-likeness (QED) is 0.387. The third-order valence-corrected chi connectivity index (χ3v) is 8.37. The number of carbonyl (C=O) groups excluding carboxylic acids is 2. The highest BCUT2D eigenvalue weighted by Gasteiger charge is 2.51. The summed E-state index contributed by atoms with van der Waals surface area (Å²) in [6, 6.07) is 11.1. The molecule has 3 aromatic rings. The number of halogens is 2. The highest BCUT2D eigenvalue weighted by molar-refractivity contribution is 6.47. The molecule has 1 fully saturated rings. The summed E-state index contributed by atoms with van der Waals surface area (Å²) < 4.78 is 14.3. The van der Waals surface area contributed by atoms with Crippen molar-refractivity contribution in [3.8, 4) is 0 Å². The maximum atomic E-state index is 14.3. The molecule has 40 heavy (non-hydrogen) atoms. The smallest absolute Gasteiger partial charge is 0.275 e. The predicted molar refractivity (Wildman–Crippen MR) is 149 cm³/mol. The Morgan fingerprint density at radius 3 is 2.52 bits per heavy atom. The van der Waals surface area contributed by atoms with Gasteiger partial charge in [0.1, 0.15) is 17.2 Å². The lowest BCUT2D eigenvalue weighted by Gasteiger charge is -2.46. The topological polar surface area (TPSA) is 116 Å². The molecule has 2 aliphatic rings. The predicted octanol–water partition coefficient (Wildman–Crippen LogP) is 5.25. The molecular weight excluding hydrogens is 533 g/mol. The van der Waals surface area contributed by atoms with Gasteiger partial charge in [-0.1, -0.05) is 49.7 Å². The standard InChI is InChI=1S/C29H33ClFN7O2/c1-4-24(19-5-7-20(8-6-19)27(39)32-16-25-34-36-37-35-25)38-28(40)26(21-13-22(30)15-23(31)14-21)33-29(38)11-9-18(10-12-29)17(2)3/h5-8,13-15,17-18,24H,4,9-12,16H2,1-3H3,(H,32,39)(H,34,35,36,37). The van der Waals surface area contributed by atoms with Crippen LogP contribution in [-0.4, -0.2) is 48.7 Å². The molecule has 210 valence electrons. The summed E-state index contributed by atoms with van der Waals surface area (Å²) in [6.45, 7) is 6.66. The number of tetrazole rings is 1. The van der Waals surface area contributed by atoms with Crippen molar-refractivity contribution < 1.29 is 14.0 Å². The molecule has 1 unspecified atom stereocenters. The largest absolute Gasteiger partial charge is 0.345 e. The minimum Gasteiger partial charge on any atom is -0.345 e. The van der Waals surface area contributed by atoms with Gasteiger partial charge in [-0.25, -0.2) is 4.39 Å². The van der Waals surface area contributed by atoms with Crippen LogP contribution in [0.2, 0.25) is 5.02 Å². The lowest BCUT2D eigenvalue weighted by Crippen LogP contribution is -2.51. The molecule has 1 aliphatic carbocycles. The Morgan fingerprint density at radius 2 is 1.93 bits per heavy atom. The lowest BCUT2D eigenvalue weighted by molar-refractivity contribution is -0.133. The van der Waals surface area contributed by atoms with Gasteiger partial charge >= 0.3 is 0 Å².